The molecule has 7 fully saturated rings. The molecule has 0 spiro atoms. The highest BCUT2D eigenvalue weighted by atomic mass is 16.5. The van der Waals surface area contributed by atoms with E-state index in [-0.39, 0.29) is 12.2 Å². The van der Waals surface area contributed by atoms with E-state index >= 15 is 0 Å². The molecule has 4 aliphatic carbocycles. The summed E-state index contributed by atoms with van der Waals surface area (Å²) in [5.41, 5.74) is 0. The van der Waals surface area contributed by atoms with Gasteiger partial charge in [0, 0.05) is 65.7 Å². The van der Waals surface area contributed by atoms with E-state index in [1.54, 1.807) is 0 Å². The number of ether oxygens (including phenoxy) is 6. The molecule has 22 unspecified atom stereocenters. The highest BCUT2D eigenvalue weighted by Crippen LogP contribution is 2.45. The van der Waals surface area contributed by atoms with Crippen LogP contribution in [0.4, 0.5) is 0 Å². The second-order valence-corrected chi connectivity index (χ2v) is 39.2. The lowest BCUT2D eigenvalue weighted by Gasteiger charge is -2.30. The predicted molar refractivity (Wildman–Crippen MR) is 437 cm³/mol. The SMILES string of the molecule is CC1CCCC2CCC(C2)C(C)CCCC(C)CCC(C)CCCC(C)C2CCC(CCCC(C)CCOCC(CN3CCOCC3)OCCC(C)CCCC3CCC(C3)C(C)CCCC(C)CCC(C)CCCC(C)C3CCC(CCCC(C)CCOC(CN4CCOCC4)COCC1)C3)C2. The normalized spacial score (nSPS) is 40.0. The molecule has 8 nitrogen and oxygen atoms in total. The minimum Gasteiger partial charge on any atom is -0.379 e. The fourth-order valence-electron chi connectivity index (χ4n) is 21.3. The molecule has 3 saturated heterocycles. The maximum absolute atomic E-state index is 6.71. The number of fused-ring (bicyclic) bond motifs is 8. The van der Waals surface area contributed by atoms with Crippen molar-refractivity contribution in [2.45, 2.75) is 378 Å². The summed E-state index contributed by atoms with van der Waals surface area (Å²) in [7, 11) is 0. The van der Waals surface area contributed by atoms with Crippen molar-refractivity contribution in [1.82, 2.24) is 9.80 Å². The van der Waals surface area contributed by atoms with Crippen molar-refractivity contribution >= 4 is 0 Å². The maximum atomic E-state index is 6.71. The van der Waals surface area contributed by atoms with Gasteiger partial charge in [0.2, 0.25) is 0 Å². The summed E-state index contributed by atoms with van der Waals surface area (Å²) >= 11 is 0. The van der Waals surface area contributed by atoms with Crippen molar-refractivity contribution in [3.63, 3.8) is 0 Å². The molecule has 0 aromatic carbocycles. The molecule has 0 aromatic heterocycles. The van der Waals surface area contributed by atoms with Crippen LogP contribution in [-0.2, 0) is 28.4 Å². The summed E-state index contributed by atoms with van der Waals surface area (Å²) in [6.07, 6.45) is 62.7. The van der Waals surface area contributed by atoms with Gasteiger partial charge in [0.1, 0.15) is 0 Å². The standard InChI is InChI=1S/C94H178N2O6/c1-73-21-13-29-81(9)89-45-41-85(65-89)33-17-25-77(5)49-57-99-71-93(69-95-53-61-97-62-54-95)101-59-51-79(7)27-19-35-87-43-47-91(67-87)83(11)31-15-23-75(3)39-40-76(4)24-16-32-84(12)92-48-44-88(68-92)36-20-28-80(8)52-60-102-94(70-96-55-63-98-64-56-96)72-100-58-50-78(6)26-18-34-86-42-46-90(66-86)82(10)30-14-22-74(2)38-37-73/h73-94H,13-72H2,1-12H3. The van der Waals surface area contributed by atoms with Gasteiger partial charge in [-0.25, -0.2) is 0 Å². The summed E-state index contributed by atoms with van der Waals surface area (Å²) in [5, 5.41) is 0. The number of rotatable bonds is 4. The number of nitrogens with zero attached hydrogens (tertiary/aromatic N) is 2. The molecule has 600 valence electrons. The van der Waals surface area contributed by atoms with Crippen LogP contribution in [0.5, 0.6) is 0 Å². The van der Waals surface area contributed by atoms with Crippen LogP contribution in [0.1, 0.15) is 366 Å². The third-order valence-corrected chi connectivity index (χ3v) is 29.7. The largest absolute Gasteiger partial charge is 0.379 e. The third-order valence-electron chi connectivity index (χ3n) is 29.7. The highest BCUT2D eigenvalue weighted by molar-refractivity contribution is 4.85. The predicted octanol–water partition coefficient (Wildman–Crippen LogP) is 25.2. The van der Waals surface area contributed by atoms with E-state index in [1.165, 1.54) is 283 Å². The van der Waals surface area contributed by atoms with Gasteiger partial charge in [0.25, 0.3) is 0 Å². The fraction of sp³-hybridized carbons (Fsp3) is 1.00. The van der Waals surface area contributed by atoms with Crippen LogP contribution in [-0.4, -0.2) is 127 Å². The molecule has 0 radical (unpaired) electrons. The minimum absolute atomic E-state index is 0.156. The summed E-state index contributed by atoms with van der Waals surface area (Å²) in [4.78, 5) is 5.09. The van der Waals surface area contributed by atoms with Gasteiger partial charge < -0.3 is 28.4 Å². The number of hydrogen-bond donors (Lipinski definition) is 0. The Hall–Kier alpha value is -0.320. The number of morpholine rings is 2. The third kappa shape index (κ3) is 38.1. The molecule has 7 aliphatic rings. The van der Waals surface area contributed by atoms with Crippen molar-refractivity contribution in [3.05, 3.63) is 0 Å². The summed E-state index contributed by atoms with van der Waals surface area (Å²) in [6.45, 7) is 44.9. The number of hydrogen-bond acceptors (Lipinski definition) is 8. The van der Waals surface area contributed by atoms with Crippen LogP contribution in [0, 0.1) is 118 Å². The van der Waals surface area contributed by atoms with Gasteiger partial charge in [0.15, 0.2) is 0 Å². The highest BCUT2D eigenvalue weighted by Gasteiger charge is 2.33. The first-order valence-corrected chi connectivity index (χ1v) is 46.5. The fourth-order valence-corrected chi connectivity index (χ4v) is 21.3. The molecule has 7 rings (SSSR count). The summed E-state index contributed by atoms with van der Waals surface area (Å²) in [6, 6.07) is 0. The molecule has 8 bridgehead atoms. The van der Waals surface area contributed by atoms with Crippen molar-refractivity contribution in [3.8, 4) is 0 Å². The zero-order valence-corrected chi connectivity index (χ0v) is 70.5. The van der Waals surface area contributed by atoms with E-state index in [2.05, 4.69) is 92.9 Å². The van der Waals surface area contributed by atoms with E-state index in [4.69, 9.17) is 28.4 Å². The van der Waals surface area contributed by atoms with E-state index in [0.29, 0.717) is 0 Å². The Labute approximate surface area is 636 Å². The van der Waals surface area contributed by atoms with Gasteiger partial charge in [-0.3, -0.25) is 9.80 Å². The second-order valence-electron chi connectivity index (χ2n) is 39.2. The van der Waals surface area contributed by atoms with Crippen molar-refractivity contribution in [1.29, 1.82) is 0 Å². The van der Waals surface area contributed by atoms with Gasteiger partial charge in [-0.2, -0.15) is 0 Å². The molecule has 22 atom stereocenters. The van der Waals surface area contributed by atoms with Crippen LogP contribution in [0.25, 0.3) is 0 Å². The topological polar surface area (TPSA) is 61.9 Å². The molecule has 0 aromatic rings. The van der Waals surface area contributed by atoms with Crippen LogP contribution in [0.2, 0.25) is 0 Å². The summed E-state index contributed by atoms with van der Waals surface area (Å²) < 4.78 is 37.8. The minimum atomic E-state index is 0.156. The Bertz CT molecular complexity index is 1860. The lowest BCUT2D eigenvalue weighted by Crippen LogP contribution is -2.43. The van der Waals surface area contributed by atoms with E-state index in [0.717, 1.165) is 224 Å². The molecule has 102 heavy (non-hydrogen) atoms. The van der Waals surface area contributed by atoms with Gasteiger partial charge in [0.05, 0.1) is 51.8 Å². The summed E-state index contributed by atoms with van der Waals surface area (Å²) in [5.74, 6) is 17.8. The quantitative estimate of drug-likeness (QED) is 0.276. The van der Waals surface area contributed by atoms with Crippen LogP contribution >= 0.6 is 0 Å². The molecule has 3 heterocycles. The van der Waals surface area contributed by atoms with Gasteiger partial charge >= 0.3 is 0 Å². The molecule has 0 amide bonds. The molecule has 8 heteroatoms. The monoisotopic (exact) mass is 1430 g/mol. The average Bonchev–Trinajstić information content (AvgIpc) is 1.81. The van der Waals surface area contributed by atoms with Gasteiger partial charge in [-0.1, -0.05) is 289 Å². The van der Waals surface area contributed by atoms with Crippen molar-refractivity contribution in [2.24, 2.45) is 118 Å². The van der Waals surface area contributed by atoms with Crippen molar-refractivity contribution < 1.29 is 28.4 Å². The second kappa shape index (κ2) is 52.8. The Kier molecular flexibility index (Phi) is 46.0. The van der Waals surface area contributed by atoms with E-state index in [1.807, 2.05) is 0 Å². The molecular weight excluding hydrogens is 1250 g/mol. The van der Waals surface area contributed by atoms with Crippen LogP contribution in [0.3, 0.4) is 0 Å². The average molecular weight is 1430 g/mol. The smallest absolute Gasteiger partial charge is 0.0934 e. The molecule has 4 saturated carbocycles. The van der Waals surface area contributed by atoms with Gasteiger partial charge in [-0.15, -0.1) is 0 Å². The van der Waals surface area contributed by atoms with Crippen molar-refractivity contribution in [2.75, 3.05) is 105 Å². The van der Waals surface area contributed by atoms with E-state index < -0.39 is 0 Å². The zero-order valence-electron chi connectivity index (χ0n) is 70.5. The Morgan fingerprint density at radius 1 is 0.216 bits per heavy atom. The lowest BCUT2D eigenvalue weighted by atomic mass is 9.84. The Balaban J connectivity index is 0.794. The van der Waals surface area contributed by atoms with E-state index in [9.17, 15) is 0 Å². The maximum Gasteiger partial charge on any atom is 0.0934 e. The first-order chi connectivity index (χ1) is 49.5. The Morgan fingerprint density at radius 3 is 0.716 bits per heavy atom. The van der Waals surface area contributed by atoms with Crippen LogP contribution in [0.15, 0.2) is 0 Å². The molecular formula is C94H178N2O6. The lowest BCUT2D eigenvalue weighted by molar-refractivity contribution is -0.0523. The van der Waals surface area contributed by atoms with Crippen LogP contribution < -0.4 is 0 Å². The zero-order chi connectivity index (χ0) is 72.5. The van der Waals surface area contributed by atoms with Gasteiger partial charge in [-0.05, 0) is 195 Å². The Morgan fingerprint density at radius 2 is 0.451 bits per heavy atom. The first-order valence-electron chi connectivity index (χ1n) is 46.5. The molecule has 0 N–H and O–H groups in total. The first kappa shape index (κ1) is 88.9. The molecule has 3 aliphatic heterocycles.